The number of phenols is 1. The average molecular weight is 574 g/mol. The molecule has 1 atom stereocenters. The van der Waals surface area contributed by atoms with Crippen LogP contribution in [0.25, 0.3) is 0 Å². The average Bonchev–Trinajstić information content (AvgIpc) is 3.08. The van der Waals surface area contributed by atoms with E-state index in [-0.39, 0.29) is 30.2 Å². The maximum Gasteiger partial charge on any atom is -0.171 e. The number of phenolic OH excluding ortho intramolecular Hbond substituents is 1. The van der Waals surface area contributed by atoms with Gasteiger partial charge in [0.15, 0.2) is 0 Å². The third-order valence-corrected chi connectivity index (χ3v) is 5.42. The molecule has 1 nitrogen and oxygen atoms in total. The molecule has 0 saturated carbocycles. The topological polar surface area (TPSA) is 20.2 Å². The van der Waals surface area contributed by atoms with E-state index in [1.807, 2.05) is 72.8 Å². The van der Waals surface area contributed by atoms with Crippen LogP contribution in [0.5, 0.6) is 5.75 Å². The molecule has 3 aromatic rings. The van der Waals surface area contributed by atoms with Crippen LogP contribution in [0.15, 0.2) is 101 Å². The molecule has 4 rings (SSSR count). The van der Waals surface area contributed by atoms with Crippen molar-refractivity contribution in [3.63, 3.8) is 0 Å². The normalized spacial score (nSPS) is 13.1. The molecule has 193 valence electrons. The summed E-state index contributed by atoms with van der Waals surface area (Å²) in [6.45, 7) is 12.8. The first-order valence-electron chi connectivity index (χ1n) is 11.1. The van der Waals surface area contributed by atoms with Gasteiger partial charge in [0.2, 0.25) is 0 Å². The molecule has 5 heteroatoms. The molecule has 1 unspecified atom stereocenters. The second-order valence-electron chi connectivity index (χ2n) is 8.50. The standard InChI is InChI=1S/C10H14O.C8H10Si.2C6H5.CH2.2ClH.Ti/c1-10(2,3)8-5-4-6-9(11)7-8;1-5-4-8(9)7(3)6(5)2;2*1-2-4-6-5-3-1;;;;/h4-7,11H,1-3H3;5H,1-3H3;2*1-5H;1H2;2*1H;/q;3*-1;;;;. The second kappa shape index (κ2) is 22.5. The van der Waals surface area contributed by atoms with Gasteiger partial charge in [-0.25, -0.2) is 10.8 Å². The number of halogens is 2. The Balaban J connectivity index is -0.000000397. The van der Waals surface area contributed by atoms with E-state index in [4.69, 9.17) is 0 Å². The zero-order valence-electron chi connectivity index (χ0n) is 22.1. The maximum absolute atomic E-state index is 9.18. The van der Waals surface area contributed by atoms with Gasteiger partial charge in [0.05, 0.1) is 0 Å². The minimum atomic E-state index is 0. The van der Waals surface area contributed by atoms with Crippen LogP contribution >= 0.6 is 24.8 Å². The summed E-state index contributed by atoms with van der Waals surface area (Å²) in [6, 6.07) is 32.4. The van der Waals surface area contributed by atoms with Crippen molar-refractivity contribution in [2.75, 3.05) is 0 Å². The third kappa shape index (κ3) is 17.7. The quantitative estimate of drug-likeness (QED) is 0.212. The van der Waals surface area contributed by atoms with Gasteiger partial charge in [0.25, 0.3) is 0 Å². The van der Waals surface area contributed by atoms with Gasteiger partial charge in [-0.2, -0.15) is 78.4 Å². The predicted molar refractivity (Wildman–Crippen MR) is 159 cm³/mol. The van der Waals surface area contributed by atoms with Gasteiger partial charge in [-0.15, -0.1) is 31.7 Å². The fourth-order valence-electron chi connectivity index (χ4n) is 2.61. The van der Waals surface area contributed by atoms with E-state index < -0.39 is 0 Å². The summed E-state index contributed by atoms with van der Waals surface area (Å²) in [4.78, 5) is 3.25. The molecule has 3 radical (unpaired) electrons. The van der Waals surface area contributed by atoms with Crippen molar-refractivity contribution >= 4 is 39.9 Å². The molecule has 0 aromatic heterocycles. The van der Waals surface area contributed by atoms with Crippen molar-refractivity contribution in [1.82, 2.24) is 0 Å². The Bertz CT molecular complexity index is 899. The van der Waals surface area contributed by atoms with Crippen molar-refractivity contribution < 1.29 is 25.1 Å². The number of hydrogen-bond donors (Lipinski definition) is 1. The van der Waals surface area contributed by atoms with Gasteiger partial charge in [-0.3, -0.25) is 6.08 Å². The van der Waals surface area contributed by atoms with E-state index in [9.17, 15) is 5.11 Å². The molecule has 36 heavy (non-hydrogen) atoms. The molecular formula is C31H38Cl2OSiTi-3. The smallest absolute Gasteiger partial charge is 0.171 e. The summed E-state index contributed by atoms with van der Waals surface area (Å²) in [5.74, 6) is 0.856. The van der Waals surface area contributed by atoms with Crippen LogP contribution < -0.4 is 0 Å². The summed E-state index contributed by atoms with van der Waals surface area (Å²) >= 11 is 1.75. The number of allylic oxidation sites excluding steroid dienone is 4. The van der Waals surface area contributed by atoms with Crippen LogP contribution in [-0.2, 0) is 25.4 Å². The monoisotopic (exact) mass is 572 g/mol. The summed E-state index contributed by atoms with van der Waals surface area (Å²) in [5.41, 5.74) is 4.07. The number of rotatable bonds is 0. The molecule has 1 aliphatic carbocycles. The Morgan fingerprint density at radius 2 is 1.28 bits per heavy atom. The Morgan fingerprint density at radius 1 is 0.833 bits per heavy atom. The van der Waals surface area contributed by atoms with Gasteiger partial charge < -0.3 is 5.11 Å². The van der Waals surface area contributed by atoms with Crippen molar-refractivity contribution in [2.45, 2.75) is 47.0 Å². The molecule has 3 aromatic carbocycles. The summed E-state index contributed by atoms with van der Waals surface area (Å²) in [7, 11) is 3.48. The Labute approximate surface area is 247 Å². The van der Waals surface area contributed by atoms with Crippen LogP contribution in [0.1, 0.15) is 47.1 Å². The van der Waals surface area contributed by atoms with Gasteiger partial charge in [0, 0.05) is 10.2 Å². The number of hydrogen-bond acceptors (Lipinski definition) is 1. The Morgan fingerprint density at radius 3 is 1.44 bits per heavy atom. The SMILES string of the molecule is CC(C)(C)c1cccc(O)c1.CC1=C(C)C(C)[C-]=C1[Si].Cl.Cl.[CH2]=[Ti].[c-]1ccccc1.[c-]1ccccc1. The fraction of sp³-hybridized carbons (Fsp3) is 0.258. The van der Waals surface area contributed by atoms with E-state index in [1.54, 1.807) is 32.1 Å². The van der Waals surface area contributed by atoms with E-state index >= 15 is 0 Å². The van der Waals surface area contributed by atoms with Crippen molar-refractivity contribution in [2.24, 2.45) is 5.92 Å². The Kier molecular flexibility index (Phi) is 24.3. The third-order valence-electron chi connectivity index (χ3n) is 4.90. The molecule has 1 aliphatic rings. The molecule has 1 N–H and O–H groups in total. The fourth-order valence-corrected chi connectivity index (χ4v) is 3.02. The number of aromatic hydroxyl groups is 1. The molecule has 0 heterocycles. The number of benzene rings is 3. The van der Waals surface area contributed by atoms with Crippen LogP contribution in [0.3, 0.4) is 0 Å². The van der Waals surface area contributed by atoms with Crippen molar-refractivity contribution in [3.05, 3.63) is 125 Å². The van der Waals surface area contributed by atoms with Crippen LogP contribution in [-0.4, -0.2) is 20.2 Å². The van der Waals surface area contributed by atoms with E-state index in [1.165, 1.54) is 11.1 Å². The van der Waals surface area contributed by atoms with Gasteiger partial charge in [-0.05, 0) is 23.1 Å². The summed E-state index contributed by atoms with van der Waals surface area (Å²) < 4.78 is 0. The van der Waals surface area contributed by atoms with E-state index in [0.29, 0.717) is 11.7 Å². The maximum atomic E-state index is 9.18. The molecule has 0 saturated heterocycles. The van der Waals surface area contributed by atoms with Crippen LogP contribution in [0, 0.1) is 24.1 Å². The first-order chi connectivity index (χ1) is 16.1. The molecular weight excluding hydrogens is 535 g/mol. The van der Waals surface area contributed by atoms with Gasteiger partial charge in [-0.1, -0.05) is 52.7 Å². The van der Waals surface area contributed by atoms with Gasteiger partial charge >= 0.3 is 24.8 Å². The first kappa shape index (κ1) is 38.8. The molecule has 0 fully saturated rings. The molecule has 0 aliphatic heterocycles. The molecule has 0 amide bonds. The minimum absolute atomic E-state index is 0. The first-order valence-corrected chi connectivity index (χ1v) is 12.7. The van der Waals surface area contributed by atoms with Crippen LogP contribution in [0.2, 0.25) is 0 Å². The zero-order chi connectivity index (χ0) is 26.0. The van der Waals surface area contributed by atoms with Crippen LogP contribution in [0.4, 0.5) is 0 Å². The zero-order valence-corrected chi connectivity index (χ0v) is 26.3. The van der Waals surface area contributed by atoms with Crippen molar-refractivity contribution in [3.8, 4) is 5.75 Å². The molecule has 0 spiro atoms. The van der Waals surface area contributed by atoms with Gasteiger partial charge in [0.1, 0.15) is 5.75 Å². The summed E-state index contributed by atoms with van der Waals surface area (Å²) in [5, 5.41) is 10.3. The van der Waals surface area contributed by atoms with E-state index in [2.05, 4.69) is 74.8 Å². The second-order valence-corrected chi connectivity index (χ2v) is 9.00. The van der Waals surface area contributed by atoms with Crippen molar-refractivity contribution in [1.29, 1.82) is 0 Å². The minimum Gasteiger partial charge on any atom is -0.184 e. The predicted octanol–water partition coefficient (Wildman–Crippen LogP) is 8.30. The van der Waals surface area contributed by atoms with E-state index in [0.717, 1.165) is 10.8 Å². The summed E-state index contributed by atoms with van der Waals surface area (Å²) in [6.07, 6.45) is 3.27. The largest absolute Gasteiger partial charge is 0.184 e. The Hall–Kier alpha value is -1.68. The molecule has 0 bridgehead atoms.